The number of ether oxygens (including phenoxy) is 1. The van der Waals surface area contributed by atoms with Crippen molar-refractivity contribution >= 4 is 23.4 Å². The van der Waals surface area contributed by atoms with Gasteiger partial charge in [0.2, 0.25) is 0 Å². The zero-order valence-electron chi connectivity index (χ0n) is 10.6. The fourth-order valence-electron chi connectivity index (χ4n) is 1.98. The summed E-state index contributed by atoms with van der Waals surface area (Å²) < 4.78 is 4.99. The van der Waals surface area contributed by atoms with E-state index in [2.05, 4.69) is 5.32 Å². The van der Waals surface area contributed by atoms with E-state index in [0.29, 0.717) is 12.2 Å². The number of esters is 1. The van der Waals surface area contributed by atoms with Crippen LogP contribution in [0.2, 0.25) is 0 Å². The molecule has 2 rings (SSSR count). The fourth-order valence-corrected chi connectivity index (χ4v) is 3.26. The molecule has 1 unspecified atom stereocenters. The van der Waals surface area contributed by atoms with E-state index >= 15 is 0 Å². The maximum Gasteiger partial charge on any atom is 0.338 e. The van der Waals surface area contributed by atoms with Crippen LogP contribution in [0.5, 0.6) is 0 Å². The molecule has 0 saturated carbocycles. The summed E-state index contributed by atoms with van der Waals surface area (Å²) in [6.45, 7) is 3.22. The lowest BCUT2D eigenvalue weighted by atomic mass is 10.1. The number of carbonyl (C=O) groups is 1. The Morgan fingerprint density at radius 3 is 3.17 bits per heavy atom. The first-order valence-corrected chi connectivity index (χ1v) is 7.54. The lowest BCUT2D eigenvalue weighted by molar-refractivity contribution is 0.0526. The highest BCUT2D eigenvalue weighted by atomic mass is 32.2. The Labute approximate surface area is 112 Å². The average Bonchev–Trinajstić information content (AvgIpc) is 2.90. The van der Waals surface area contributed by atoms with E-state index in [-0.39, 0.29) is 5.97 Å². The molecule has 1 aliphatic heterocycles. The summed E-state index contributed by atoms with van der Waals surface area (Å²) in [5, 5.41) is 3.40. The van der Waals surface area contributed by atoms with Crippen LogP contribution in [0.3, 0.4) is 0 Å². The summed E-state index contributed by atoms with van der Waals surface area (Å²) in [5.74, 6) is 3.01. The predicted molar refractivity (Wildman–Crippen MR) is 76.3 cm³/mol. The Morgan fingerprint density at radius 1 is 1.56 bits per heavy atom. The summed E-state index contributed by atoms with van der Waals surface area (Å²) in [5.41, 5.74) is 1.61. The third-order valence-electron chi connectivity index (χ3n) is 2.99. The van der Waals surface area contributed by atoms with Gasteiger partial charge in [0.05, 0.1) is 12.2 Å². The Bertz CT molecular complexity index is 403. The van der Waals surface area contributed by atoms with Crippen molar-refractivity contribution in [1.29, 1.82) is 0 Å². The van der Waals surface area contributed by atoms with Gasteiger partial charge in [-0.1, -0.05) is 6.07 Å². The summed E-state index contributed by atoms with van der Waals surface area (Å²) >= 11 is 2.02. The molecule has 1 fully saturated rings. The number of hydrogen-bond acceptors (Lipinski definition) is 4. The smallest absolute Gasteiger partial charge is 0.338 e. The van der Waals surface area contributed by atoms with Crippen LogP contribution in [0.1, 0.15) is 23.7 Å². The summed E-state index contributed by atoms with van der Waals surface area (Å²) in [6.07, 6.45) is 1.29. The van der Waals surface area contributed by atoms with E-state index in [1.165, 1.54) is 17.9 Å². The second-order valence-electron chi connectivity index (χ2n) is 4.41. The van der Waals surface area contributed by atoms with Crippen LogP contribution in [-0.4, -0.2) is 30.6 Å². The standard InChI is InChI=1S/C14H19NO2S/c1-2-17-14(16)12-4-3-5-13(8-12)15-9-11-6-7-18-10-11/h3-5,8,11,15H,2,6-7,9-10H2,1H3. The Hall–Kier alpha value is -1.16. The minimum absolute atomic E-state index is 0.252. The molecule has 0 bridgehead atoms. The van der Waals surface area contributed by atoms with Crippen LogP contribution in [0.25, 0.3) is 0 Å². The van der Waals surface area contributed by atoms with Crippen molar-refractivity contribution in [3.63, 3.8) is 0 Å². The quantitative estimate of drug-likeness (QED) is 0.831. The lowest BCUT2D eigenvalue weighted by Gasteiger charge is -2.12. The zero-order chi connectivity index (χ0) is 12.8. The van der Waals surface area contributed by atoms with Crippen molar-refractivity contribution in [2.24, 2.45) is 5.92 Å². The van der Waals surface area contributed by atoms with Gasteiger partial charge in [0.15, 0.2) is 0 Å². The highest BCUT2D eigenvalue weighted by Crippen LogP contribution is 2.23. The Balaban J connectivity index is 1.91. The van der Waals surface area contributed by atoms with Crippen LogP contribution in [0.15, 0.2) is 24.3 Å². The minimum Gasteiger partial charge on any atom is -0.462 e. The highest BCUT2D eigenvalue weighted by Gasteiger charge is 2.15. The van der Waals surface area contributed by atoms with Crippen molar-refractivity contribution < 1.29 is 9.53 Å². The number of carbonyl (C=O) groups excluding carboxylic acids is 1. The lowest BCUT2D eigenvalue weighted by Crippen LogP contribution is -2.14. The zero-order valence-corrected chi connectivity index (χ0v) is 11.5. The molecule has 3 nitrogen and oxygen atoms in total. The molecular weight excluding hydrogens is 246 g/mol. The van der Waals surface area contributed by atoms with Gasteiger partial charge in [0.1, 0.15) is 0 Å². The summed E-state index contributed by atoms with van der Waals surface area (Å²) in [7, 11) is 0. The summed E-state index contributed by atoms with van der Waals surface area (Å²) in [4.78, 5) is 11.6. The molecule has 1 aromatic rings. The molecule has 98 valence electrons. The van der Waals surface area contributed by atoms with Crippen molar-refractivity contribution in [3.05, 3.63) is 29.8 Å². The monoisotopic (exact) mass is 265 g/mol. The third kappa shape index (κ3) is 3.67. The molecule has 0 spiro atoms. The fraction of sp³-hybridized carbons (Fsp3) is 0.500. The number of rotatable bonds is 5. The number of anilines is 1. The van der Waals surface area contributed by atoms with Gasteiger partial charge in [-0.15, -0.1) is 0 Å². The summed E-state index contributed by atoms with van der Waals surface area (Å²) in [6, 6.07) is 7.53. The second kappa shape index (κ2) is 6.69. The van der Waals surface area contributed by atoms with Crippen molar-refractivity contribution in [3.8, 4) is 0 Å². The first kappa shape index (κ1) is 13.3. The third-order valence-corrected chi connectivity index (χ3v) is 4.22. The molecular formula is C14H19NO2S. The van der Waals surface area contributed by atoms with Gasteiger partial charge in [-0.05, 0) is 49.0 Å². The van der Waals surface area contributed by atoms with Crippen LogP contribution in [-0.2, 0) is 4.74 Å². The van der Waals surface area contributed by atoms with Gasteiger partial charge in [-0.3, -0.25) is 0 Å². The molecule has 1 N–H and O–H groups in total. The average molecular weight is 265 g/mol. The van der Waals surface area contributed by atoms with E-state index < -0.39 is 0 Å². The van der Waals surface area contributed by atoms with Gasteiger partial charge in [0.25, 0.3) is 0 Å². The normalized spacial score (nSPS) is 18.6. The molecule has 0 radical (unpaired) electrons. The molecule has 0 aromatic heterocycles. The van der Waals surface area contributed by atoms with Crippen molar-refractivity contribution in [2.45, 2.75) is 13.3 Å². The highest BCUT2D eigenvalue weighted by molar-refractivity contribution is 7.99. The minimum atomic E-state index is -0.252. The topological polar surface area (TPSA) is 38.3 Å². The van der Waals surface area contributed by atoms with E-state index in [1.54, 1.807) is 6.07 Å². The maximum atomic E-state index is 11.6. The van der Waals surface area contributed by atoms with Gasteiger partial charge < -0.3 is 10.1 Å². The van der Waals surface area contributed by atoms with Gasteiger partial charge in [-0.2, -0.15) is 11.8 Å². The number of thioether (sulfide) groups is 1. The number of hydrogen-bond donors (Lipinski definition) is 1. The number of benzene rings is 1. The van der Waals surface area contributed by atoms with E-state index in [4.69, 9.17) is 4.74 Å². The molecule has 1 saturated heterocycles. The van der Waals surface area contributed by atoms with Gasteiger partial charge >= 0.3 is 5.97 Å². The Morgan fingerprint density at radius 2 is 2.44 bits per heavy atom. The first-order chi connectivity index (χ1) is 8.79. The van der Waals surface area contributed by atoms with Crippen LogP contribution in [0.4, 0.5) is 5.69 Å². The molecule has 1 heterocycles. The molecule has 1 aliphatic rings. The SMILES string of the molecule is CCOC(=O)c1cccc(NCC2CCSC2)c1. The molecule has 0 aliphatic carbocycles. The largest absolute Gasteiger partial charge is 0.462 e. The predicted octanol–water partition coefficient (Wildman–Crippen LogP) is 3.03. The van der Waals surface area contributed by atoms with Crippen molar-refractivity contribution in [1.82, 2.24) is 0 Å². The molecule has 1 aromatic carbocycles. The molecule has 4 heteroatoms. The first-order valence-electron chi connectivity index (χ1n) is 6.38. The molecule has 1 atom stereocenters. The molecule has 0 amide bonds. The van der Waals surface area contributed by atoms with Gasteiger partial charge in [0, 0.05) is 12.2 Å². The van der Waals surface area contributed by atoms with E-state index in [1.807, 2.05) is 36.9 Å². The molecule has 18 heavy (non-hydrogen) atoms. The number of nitrogens with one attached hydrogen (secondary N) is 1. The van der Waals surface area contributed by atoms with E-state index in [9.17, 15) is 4.79 Å². The van der Waals surface area contributed by atoms with Gasteiger partial charge in [-0.25, -0.2) is 4.79 Å². The van der Waals surface area contributed by atoms with Crippen LogP contribution < -0.4 is 5.32 Å². The second-order valence-corrected chi connectivity index (χ2v) is 5.56. The maximum absolute atomic E-state index is 11.6. The van der Waals surface area contributed by atoms with Crippen LogP contribution >= 0.6 is 11.8 Å². The van der Waals surface area contributed by atoms with E-state index in [0.717, 1.165) is 18.2 Å². The van der Waals surface area contributed by atoms with Crippen molar-refractivity contribution in [2.75, 3.05) is 30.0 Å². The Kier molecular flexibility index (Phi) is 4.93. The van der Waals surface area contributed by atoms with Crippen LogP contribution in [0, 0.1) is 5.92 Å².